The minimum absolute atomic E-state index is 0.0280. The molecule has 1 atom stereocenters. The maximum atomic E-state index is 12.1. The van der Waals surface area contributed by atoms with Crippen molar-refractivity contribution < 1.29 is 13.3 Å². The molecule has 1 fully saturated rings. The standard InChI is InChI=1S/C12H17N3O4S/c1-12(2)8-13-11(12)7-14-20(18,19)10-5-3-9(4-6-10)15(16)17/h3-6,11,13-14H,7-8H2,1-2H3. The largest absolute Gasteiger partial charge is 0.311 e. The van der Waals surface area contributed by atoms with Gasteiger partial charge in [-0.25, -0.2) is 13.1 Å². The van der Waals surface area contributed by atoms with E-state index in [-0.39, 0.29) is 22.0 Å². The minimum Gasteiger partial charge on any atom is -0.311 e. The number of non-ortho nitro benzene ring substituents is 1. The van der Waals surface area contributed by atoms with Gasteiger partial charge in [0.05, 0.1) is 9.82 Å². The van der Waals surface area contributed by atoms with Crippen LogP contribution in [0.4, 0.5) is 5.69 Å². The van der Waals surface area contributed by atoms with Crippen LogP contribution in [-0.4, -0.2) is 32.5 Å². The molecule has 2 rings (SSSR count). The summed E-state index contributed by atoms with van der Waals surface area (Å²) >= 11 is 0. The van der Waals surface area contributed by atoms with E-state index in [4.69, 9.17) is 0 Å². The normalized spacial score (nSPS) is 21.2. The number of hydrogen-bond acceptors (Lipinski definition) is 5. The fourth-order valence-electron chi connectivity index (χ4n) is 2.03. The van der Waals surface area contributed by atoms with E-state index in [1.807, 2.05) is 0 Å². The Bertz CT molecular complexity index is 610. The van der Waals surface area contributed by atoms with Crippen molar-refractivity contribution in [2.24, 2.45) is 5.41 Å². The van der Waals surface area contributed by atoms with Gasteiger partial charge in [-0.05, 0) is 17.5 Å². The zero-order valence-corrected chi connectivity index (χ0v) is 12.1. The summed E-state index contributed by atoms with van der Waals surface area (Å²) in [5.74, 6) is 0. The Hall–Kier alpha value is -1.51. The molecule has 0 saturated carbocycles. The first-order valence-electron chi connectivity index (χ1n) is 6.20. The fourth-order valence-corrected chi connectivity index (χ4v) is 3.07. The topological polar surface area (TPSA) is 101 Å². The van der Waals surface area contributed by atoms with Crippen molar-refractivity contribution in [1.82, 2.24) is 10.0 Å². The third-order valence-corrected chi connectivity index (χ3v) is 5.02. The lowest BCUT2D eigenvalue weighted by Gasteiger charge is -2.45. The van der Waals surface area contributed by atoms with Gasteiger partial charge in [0.15, 0.2) is 0 Å². The van der Waals surface area contributed by atoms with Crippen molar-refractivity contribution in [3.8, 4) is 0 Å². The Morgan fingerprint density at radius 1 is 1.40 bits per heavy atom. The summed E-state index contributed by atoms with van der Waals surface area (Å²) in [6.07, 6.45) is 0. The van der Waals surface area contributed by atoms with E-state index >= 15 is 0 Å². The van der Waals surface area contributed by atoms with Gasteiger partial charge in [0.2, 0.25) is 10.0 Å². The number of nitrogens with zero attached hydrogens (tertiary/aromatic N) is 1. The summed E-state index contributed by atoms with van der Waals surface area (Å²) in [5.41, 5.74) is -0.0661. The summed E-state index contributed by atoms with van der Waals surface area (Å²) in [6, 6.07) is 4.93. The van der Waals surface area contributed by atoms with Gasteiger partial charge in [-0.3, -0.25) is 10.1 Å². The van der Waals surface area contributed by atoms with Crippen molar-refractivity contribution >= 4 is 15.7 Å². The average Bonchev–Trinajstić information content (AvgIpc) is 2.37. The molecular formula is C12H17N3O4S. The van der Waals surface area contributed by atoms with Crippen LogP contribution < -0.4 is 10.0 Å². The van der Waals surface area contributed by atoms with E-state index in [2.05, 4.69) is 23.9 Å². The van der Waals surface area contributed by atoms with E-state index in [9.17, 15) is 18.5 Å². The quantitative estimate of drug-likeness (QED) is 0.620. The van der Waals surface area contributed by atoms with Crippen molar-refractivity contribution in [2.45, 2.75) is 24.8 Å². The number of nitro benzene ring substituents is 1. The fraction of sp³-hybridized carbons (Fsp3) is 0.500. The summed E-state index contributed by atoms with van der Waals surface area (Å²) < 4.78 is 26.6. The van der Waals surface area contributed by atoms with Crippen molar-refractivity contribution in [1.29, 1.82) is 0 Å². The van der Waals surface area contributed by atoms with Gasteiger partial charge in [0.25, 0.3) is 5.69 Å². The number of benzene rings is 1. The summed E-state index contributed by atoms with van der Waals surface area (Å²) in [6.45, 7) is 5.28. The number of rotatable bonds is 5. The van der Waals surface area contributed by atoms with Crippen LogP contribution in [0.15, 0.2) is 29.2 Å². The molecule has 1 aromatic rings. The van der Waals surface area contributed by atoms with Gasteiger partial charge in [0, 0.05) is 31.3 Å². The Morgan fingerprint density at radius 3 is 2.40 bits per heavy atom. The molecule has 110 valence electrons. The molecule has 1 aliphatic heterocycles. The predicted octanol–water partition coefficient (Wildman–Crippen LogP) is 0.871. The number of hydrogen-bond donors (Lipinski definition) is 2. The molecule has 1 unspecified atom stereocenters. The number of nitro groups is 1. The van der Waals surface area contributed by atoms with E-state index in [1.165, 1.54) is 24.3 Å². The Balaban J connectivity index is 2.05. The molecule has 1 saturated heterocycles. The Kier molecular flexibility index (Phi) is 3.81. The molecule has 0 aromatic heterocycles. The number of sulfonamides is 1. The van der Waals surface area contributed by atoms with Crippen molar-refractivity contribution in [2.75, 3.05) is 13.1 Å². The zero-order chi connectivity index (χ0) is 15.0. The first kappa shape index (κ1) is 14.9. The van der Waals surface area contributed by atoms with Gasteiger partial charge in [0.1, 0.15) is 0 Å². The molecule has 0 amide bonds. The maximum Gasteiger partial charge on any atom is 0.269 e. The zero-order valence-electron chi connectivity index (χ0n) is 11.3. The lowest BCUT2D eigenvalue weighted by molar-refractivity contribution is -0.384. The number of nitrogens with one attached hydrogen (secondary N) is 2. The third kappa shape index (κ3) is 2.97. The molecule has 8 heteroatoms. The molecule has 0 aliphatic carbocycles. The van der Waals surface area contributed by atoms with Crippen LogP contribution in [0.1, 0.15) is 13.8 Å². The van der Waals surface area contributed by atoms with Crippen LogP contribution >= 0.6 is 0 Å². The first-order chi connectivity index (χ1) is 9.22. The van der Waals surface area contributed by atoms with E-state index in [0.29, 0.717) is 6.54 Å². The highest BCUT2D eigenvalue weighted by Gasteiger charge is 2.38. The molecule has 0 radical (unpaired) electrons. The van der Waals surface area contributed by atoms with E-state index in [1.54, 1.807) is 0 Å². The van der Waals surface area contributed by atoms with Gasteiger partial charge in [-0.2, -0.15) is 0 Å². The van der Waals surface area contributed by atoms with Crippen LogP contribution in [0.3, 0.4) is 0 Å². The molecule has 2 N–H and O–H groups in total. The van der Waals surface area contributed by atoms with Crippen LogP contribution in [0, 0.1) is 15.5 Å². The Labute approximate surface area is 117 Å². The summed E-state index contributed by atoms with van der Waals surface area (Å²) in [4.78, 5) is 9.99. The van der Waals surface area contributed by atoms with Crippen molar-refractivity contribution in [3.63, 3.8) is 0 Å². The van der Waals surface area contributed by atoms with Gasteiger partial charge in [-0.1, -0.05) is 13.8 Å². The Morgan fingerprint density at radius 2 is 2.00 bits per heavy atom. The lowest BCUT2D eigenvalue weighted by atomic mass is 9.77. The lowest BCUT2D eigenvalue weighted by Crippen LogP contribution is -2.63. The SMILES string of the molecule is CC1(C)CNC1CNS(=O)(=O)c1ccc([N+](=O)[O-])cc1. The van der Waals surface area contributed by atoms with Crippen LogP contribution in [0.5, 0.6) is 0 Å². The summed E-state index contributed by atoms with van der Waals surface area (Å²) in [7, 11) is -3.64. The highest BCUT2D eigenvalue weighted by Crippen LogP contribution is 2.27. The first-order valence-corrected chi connectivity index (χ1v) is 7.68. The van der Waals surface area contributed by atoms with Crippen molar-refractivity contribution in [3.05, 3.63) is 34.4 Å². The highest BCUT2D eigenvalue weighted by atomic mass is 32.2. The predicted molar refractivity (Wildman–Crippen MR) is 73.9 cm³/mol. The second kappa shape index (κ2) is 5.12. The smallest absolute Gasteiger partial charge is 0.269 e. The van der Waals surface area contributed by atoms with Gasteiger partial charge < -0.3 is 5.32 Å². The minimum atomic E-state index is -3.64. The van der Waals surface area contributed by atoms with E-state index < -0.39 is 14.9 Å². The van der Waals surface area contributed by atoms with Crippen LogP contribution in [-0.2, 0) is 10.0 Å². The second-order valence-electron chi connectivity index (χ2n) is 5.52. The molecule has 0 bridgehead atoms. The van der Waals surface area contributed by atoms with Crippen LogP contribution in [0.25, 0.3) is 0 Å². The second-order valence-corrected chi connectivity index (χ2v) is 7.29. The molecule has 1 aromatic carbocycles. The van der Waals surface area contributed by atoms with Crippen LogP contribution in [0.2, 0.25) is 0 Å². The van der Waals surface area contributed by atoms with Gasteiger partial charge in [-0.15, -0.1) is 0 Å². The maximum absolute atomic E-state index is 12.1. The molecular weight excluding hydrogens is 282 g/mol. The molecule has 1 aliphatic rings. The average molecular weight is 299 g/mol. The van der Waals surface area contributed by atoms with Gasteiger partial charge >= 0.3 is 0 Å². The highest BCUT2D eigenvalue weighted by molar-refractivity contribution is 7.89. The molecule has 20 heavy (non-hydrogen) atoms. The molecule has 7 nitrogen and oxygen atoms in total. The monoisotopic (exact) mass is 299 g/mol. The molecule has 0 spiro atoms. The van der Waals surface area contributed by atoms with E-state index in [0.717, 1.165) is 6.54 Å². The molecule has 1 heterocycles. The third-order valence-electron chi connectivity index (χ3n) is 3.58. The summed E-state index contributed by atoms with van der Waals surface area (Å²) in [5, 5.41) is 13.7.